The third kappa shape index (κ3) is 3.55. The van der Waals surface area contributed by atoms with Gasteiger partial charge >= 0.3 is 0 Å². The SMILES string of the molecule is c1ccc(Nc2nc(CSc3ncccn3)cs2)cc1. The Bertz CT molecular complexity index is 655. The summed E-state index contributed by atoms with van der Waals surface area (Å²) in [5.41, 5.74) is 2.08. The maximum Gasteiger partial charge on any atom is 0.187 e. The number of hydrogen-bond acceptors (Lipinski definition) is 6. The van der Waals surface area contributed by atoms with E-state index >= 15 is 0 Å². The lowest BCUT2D eigenvalue weighted by atomic mass is 10.3. The van der Waals surface area contributed by atoms with E-state index in [0.29, 0.717) is 0 Å². The minimum absolute atomic E-state index is 0.775. The van der Waals surface area contributed by atoms with Crippen LogP contribution in [0.1, 0.15) is 5.69 Å². The van der Waals surface area contributed by atoms with E-state index in [1.54, 1.807) is 35.5 Å². The highest BCUT2D eigenvalue weighted by atomic mass is 32.2. The number of para-hydroxylation sites is 1. The molecule has 0 spiro atoms. The van der Waals surface area contributed by atoms with Gasteiger partial charge in [0.05, 0.1) is 5.69 Å². The molecule has 100 valence electrons. The van der Waals surface area contributed by atoms with Crippen molar-refractivity contribution in [3.05, 3.63) is 59.9 Å². The summed E-state index contributed by atoms with van der Waals surface area (Å²) in [4.78, 5) is 12.9. The van der Waals surface area contributed by atoms with Gasteiger partial charge in [-0.2, -0.15) is 0 Å². The Balaban J connectivity index is 1.60. The van der Waals surface area contributed by atoms with Crippen LogP contribution in [-0.4, -0.2) is 15.0 Å². The van der Waals surface area contributed by atoms with E-state index in [9.17, 15) is 0 Å². The van der Waals surface area contributed by atoms with E-state index in [-0.39, 0.29) is 0 Å². The van der Waals surface area contributed by atoms with Crippen molar-refractivity contribution in [2.75, 3.05) is 5.32 Å². The van der Waals surface area contributed by atoms with Crippen molar-refractivity contribution in [3.63, 3.8) is 0 Å². The Morgan fingerprint density at radius 2 is 1.85 bits per heavy atom. The zero-order valence-electron chi connectivity index (χ0n) is 10.6. The van der Waals surface area contributed by atoms with Crippen LogP contribution in [0.5, 0.6) is 0 Å². The fourth-order valence-corrected chi connectivity index (χ4v) is 3.11. The van der Waals surface area contributed by atoms with Gasteiger partial charge in [0.15, 0.2) is 10.3 Å². The molecule has 3 aromatic rings. The third-order valence-electron chi connectivity index (χ3n) is 2.47. The maximum absolute atomic E-state index is 4.55. The van der Waals surface area contributed by atoms with Crippen LogP contribution in [0.4, 0.5) is 10.8 Å². The minimum atomic E-state index is 0.775. The Morgan fingerprint density at radius 3 is 2.65 bits per heavy atom. The molecule has 0 saturated heterocycles. The monoisotopic (exact) mass is 300 g/mol. The molecule has 0 fully saturated rings. The average Bonchev–Trinajstić information content (AvgIpc) is 2.95. The molecule has 0 unspecified atom stereocenters. The highest BCUT2D eigenvalue weighted by Crippen LogP contribution is 2.24. The van der Waals surface area contributed by atoms with E-state index in [1.165, 1.54) is 0 Å². The second kappa shape index (κ2) is 6.49. The molecule has 4 nitrogen and oxygen atoms in total. The van der Waals surface area contributed by atoms with Crippen LogP contribution in [0, 0.1) is 0 Å². The molecule has 3 rings (SSSR count). The molecule has 0 saturated carbocycles. The van der Waals surface area contributed by atoms with Gasteiger partial charge in [0, 0.05) is 29.2 Å². The van der Waals surface area contributed by atoms with Crippen molar-refractivity contribution in [2.24, 2.45) is 0 Å². The van der Waals surface area contributed by atoms with Gasteiger partial charge in [-0.05, 0) is 18.2 Å². The summed E-state index contributed by atoms with van der Waals surface area (Å²) in [6.07, 6.45) is 3.50. The van der Waals surface area contributed by atoms with Crippen molar-refractivity contribution in [1.82, 2.24) is 15.0 Å². The zero-order chi connectivity index (χ0) is 13.6. The van der Waals surface area contributed by atoms with Gasteiger partial charge in [-0.25, -0.2) is 15.0 Å². The topological polar surface area (TPSA) is 50.7 Å². The van der Waals surface area contributed by atoms with Crippen LogP contribution in [0.25, 0.3) is 0 Å². The molecular formula is C14H12N4S2. The van der Waals surface area contributed by atoms with Crippen LogP contribution in [0.3, 0.4) is 0 Å². The molecule has 2 aromatic heterocycles. The van der Waals surface area contributed by atoms with E-state index in [4.69, 9.17) is 0 Å². The van der Waals surface area contributed by atoms with Gasteiger partial charge < -0.3 is 5.32 Å². The van der Waals surface area contributed by atoms with Gasteiger partial charge in [-0.1, -0.05) is 30.0 Å². The van der Waals surface area contributed by atoms with E-state index in [2.05, 4.69) is 25.6 Å². The second-order valence-electron chi connectivity index (χ2n) is 3.96. The van der Waals surface area contributed by atoms with E-state index < -0.39 is 0 Å². The van der Waals surface area contributed by atoms with Gasteiger partial charge in [-0.3, -0.25) is 0 Å². The largest absolute Gasteiger partial charge is 0.332 e. The predicted octanol–water partition coefficient (Wildman–Crippen LogP) is 3.97. The van der Waals surface area contributed by atoms with Crippen LogP contribution in [0.2, 0.25) is 0 Å². The van der Waals surface area contributed by atoms with Crippen molar-refractivity contribution in [1.29, 1.82) is 0 Å². The summed E-state index contributed by atoms with van der Waals surface area (Å²) in [7, 11) is 0. The number of thioether (sulfide) groups is 1. The Kier molecular flexibility index (Phi) is 4.25. The number of benzene rings is 1. The number of anilines is 2. The summed E-state index contributed by atoms with van der Waals surface area (Å²) in [6, 6.07) is 11.9. The summed E-state index contributed by atoms with van der Waals surface area (Å²) in [5, 5.41) is 7.03. The summed E-state index contributed by atoms with van der Waals surface area (Å²) in [6.45, 7) is 0. The van der Waals surface area contributed by atoms with Crippen LogP contribution < -0.4 is 5.32 Å². The van der Waals surface area contributed by atoms with Crippen molar-refractivity contribution < 1.29 is 0 Å². The first kappa shape index (κ1) is 13.1. The van der Waals surface area contributed by atoms with Crippen LogP contribution >= 0.6 is 23.1 Å². The first-order valence-corrected chi connectivity index (χ1v) is 7.93. The number of hydrogen-bond donors (Lipinski definition) is 1. The highest BCUT2D eigenvalue weighted by Gasteiger charge is 2.04. The lowest BCUT2D eigenvalue weighted by Crippen LogP contribution is -1.90. The molecule has 0 radical (unpaired) electrons. The normalized spacial score (nSPS) is 10.4. The van der Waals surface area contributed by atoms with Crippen LogP contribution in [-0.2, 0) is 5.75 Å². The summed E-state index contributed by atoms with van der Waals surface area (Å²) >= 11 is 3.19. The number of aromatic nitrogens is 3. The molecule has 1 N–H and O–H groups in total. The first-order valence-electron chi connectivity index (χ1n) is 6.06. The first-order chi connectivity index (χ1) is 9.90. The average molecular weight is 300 g/mol. The maximum atomic E-state index is 4.55. The lowest BCUT2D eigenvalue weighted by Gasteiger charge is -2.00. The minimum Gasteiger partial charge on any atom is -0.332 e. The number of nitrogens with zero attached hydrogens (tertiary/aromatic N) is 3. The molecule has 0 bridgehead atoms. The molecule has 6 heteroatoms. The predicted molar refractivity (Wildman–Crippen MR) is 83.4 cm³/mol. The van der Waals surface area contributed by atoms with Gasteiger partial charge in [-0.15, -0.1) is 11.3 Å². The van der Waals surface area contributed by atoms with Gasteiger partial charge in [0.1, 0.15) is 0 Å². The molecule has 2 heterocycles. The van der Waals surface area contributed by atoms with Gasteiger partial charge in [0.2, 0.25) is 0 Å². The zero-order valence-corrected chi connectivity index (χ0v) is 12.2. The highest BCUT2D eigenvalue weighted by molar-refractivity contribution is 7.98. The molecule has 0 aliphatic heterocycles. The summed E-state index contributed by atoms with van der Waals surface area (Å²) in [5.74, 6) is 0.775. The molecular weight excluding hydrogens is 288 g/mol. The Morgan fingerprint density at radius 1 is 1.05 bits per heavy atom. The van der Waals surface area contributed by atoms with Crippen molar-refractivity contribution in [2.45, 2.75) is 10.9 Å². The van der Waals surface area contributed by atoms with Crippen molar-refractivity contribution >= 4 is 33.9 Å². The smallest absolute Gasteiger partial charge is 0.187 e. The molecule has 0 aliphatic carbocycles. The standard InChI is InChI=1S/C14H12N4S2/c1-2-5-11(6-3-1)17-14-18-12(10-20-14)9-19-13-15-7-4-8-16-13/h1-8,10H,9H2,(H,17,18). The lowest BCUT2D eigenvalue weighted by molar-refractivity contribution is 0.965. The molecule has 20 heavy (non-hydrogen) atoms. The molecule has 0 amide bonds. The number of rotatable bonds is 5. The Labute approximate surface area is 125 Å². The number of thiazole rings is 1. The fourth-order valence-electron chi connectivity index (χ4n) is 1.57. The van der Waals surface area contributed by atoms with Crippen molar-refractivity contribution in [3.8, 4) is 0 Å². The molecule has 0 atom stereocenters. The quantitative estimate of drug-likeness (QED) is 0.571. The Hall–Kier alpha value is -1.92. The van der Waals surface area contributed by atoms with Gasteiger partial charge in [0.25, 0.3) is 0 Å². The molecule has 1 aromatic carbocycles. The second-order valence-corrected chi connectivity index (χ2v) is 5.76. The van der Waals surface area contributed by atoms with E-state index in [0.717, 1.165) is 27.4 Å². The summed E-state index contributed by atoms with van der Waals surface area (Å²) < 4.78 is 0. The van der Waals surface area contributed by atoms with E-state index in [1.807, 2.05) is 36.4 Å². The third-order valence-corrected chi connectivity index (χ3v) is 4.18. The number of nitrogens with one attached hydrogen (secondary N) is 1. The fraction of sp³-hybridized carbons (Fsp3) is 0.0714. The molecule has 0 aliphatic rings. The van der Waals surface area contributed by atoms with Crippen LogP contribution in [0.15, 0.2) is 59.3 Å².